The fourth-order valence-electron chi connectivity index (χ4n) is 2.49. The van der Waals surface area contributed by atoms with Crippen molar-refractivity contribution in [1.29, 1.82) is 0 Å². The molecule has 1 amide bonds. The Labute approximate surface area is 133 Å². The van der Waals surface area contributed by atoms with Crippen molar-refractivity contribution in [3.63, 3.8) is 0 Å². The number of anilines is 1. The predicted molar refractivity (Wildman–Crippen MR) is 83.9 cm³/mol. The summed E-state index contributed by atoms with van der Waals surface area (Å²) < 4.78 is 9.68. The second-order valence-electron chi connectivity index (χ2n) is 5.04. The quantitative estimate of drug-likeness (QED) is 0.574. The zero-order valence-corrected chi connectivity index (χ0v) is 13.6. The highest BCUT2D eigenvalue weighted by Crippen LogP contribution is 2.35. The molecule has 3 N–H and O–H groups in total. The average molecular weight is 327 g/mol. The Hall–Kier alpha value is -1.64. The van der Waals surface area contributed by atoms with Gasteiger partial charge >= 0.3 is 5.97 Å². The van der Waals surface area contributed by atoms with Gasteiger partial charge in [0.25, 0.3) is 0 Å². The van der Waals surface area contributed by atoms with E-state index in [-0.39, 0.29) is 11.9 Å². The number of rotatable bonds is 6. The maximum absolute atomic E-state index is 11.8. The van der Waals surface area contributed by atoms with Gasteiger partial charge in [-0.1, -0.05) is 0 Å². The van der Waals surface area contributed by atoms with Crippen LogP contribution in [0.2, 0.25) is 0 Å². The number of hydrogen-bond acceptors (Lipinski definition) is 7. The van der Waals surface area contributed by atoms with Crippen LogP contribution in [0.3, 0.4) is 0 Å². The topological polar surface area (TPSA) is 93.9 Å². The molecule has 0 aliphatic carbocycles. The lowest BCUT2D eigenvalue weighted by atomic mass is 10.0. The van der Waals surface area contributed by atoms with Gasteiger partial charge in [-0.2, -0.15) is 0 Å². The first-order valence-electron chi connectivity index (χ1n) is 7.03. The van der Waals surface area contributed by atoms with E-state index >= 15 is 0 Å². The molecule has 1 aromatic rings. The number of carbonyl (C=O) groups excluding carboxylic acids is 2. The molecule has 122 valence electrons. The van der Waals surface area contributed by atoms with Gasteiger partial charge < -0.3 is 20.5 Å². The van der Waals surface area contributed by atoms with Gasteiger partial charge in [0.2, 0.25) is 5.91 Å². The molecule has 2 heterocycles. The van der Waals surface area contributed by atoms with Gasteiger partial charge in [0.15, 0.2) is 0 Å². The van der Waals surface area contributed by atoms with Crippen LogP contribution in [0.5, 0.6) is 0 Å². The molecule has 0 atom stereocenters. The summed E-state index contributed by atoms with van der Waals surface area (Å²) in [4.78, 5) is 26.7. The zero-order chi connectivity index (χ0) is 16.1. The molecule has 1 aliphatic rings. The number of hydrogen-bond donors (Lipinski definition) is 2. The van der Waals surface area contributed by atoms with Crippen LogP contribution in [-0.2, 0) is 27.2 Å². The summed E-state index contributed by atoms with van der Waals surface area (Å²) >= 11 is 1.40. The van der Waals surface area contributed by atoms with Crippen molar-refractivity contribution < 1.29 is 19.1 Å². The average Bonchev–Trinajstić information content (AvgIpc) is 2.82. The molecule has 0 aromatic carbocycles. The molecule has 22 heavy (non-hydrogen) atoms. The summed E-state index contributed by atoms with van der Waals surface area (Å²) in [6.45, 7) is 2.67. The lowest BCUT2D eigenvalue weighted by Gasteiger charge is -2.26. The number of nitrogens with one attached hydrogen (secondary N) is 1. The van der Waals surface area contributed by atoms with Crippen molar-refractivity contribution in [3.05, 3.63) is 16.0 Å². The van der Waals surface area contributed by atoms with E-state index in [1.54, 1.807) is 7.11 Å². The number of nitrogens with two attached hydrogens (primary N) is 1. The number of amides is 1. The maximum Gasteiger partial charge on any atom is 0.341 e. The number of fused-ring (bicyclic) bond motifs is 1. The number of methoxy groups -OCH3 is 2. The summed E-state index contributed by atoms with van der Waals surface area (Å²) in [5.41, 5.74) is 7.39. The SMILES string of the molecule is COCCNC(=O)CN1CCc2c(sc(N)c2C(=O)OC)C1. The van der Waals surface area contributed by atoms with Gasteiger partial charge in [0.1, 0.15) is 5.00 Å². The van der Waals surface area contributed by atoms with E-state index in [1.165, 1.54) is 18.4 Å². The number of carbonyl (C=O) groups is 2. The van der Waals surface area contributed by atoms with Gasteiger partial charge in [-0.3, -0.25) is 9.69 Å². The number of nitrogens with zero attached hydrogens (tertiary/aromatic N) is 1. The predicted octanol–water partition coefficient (Wildman–Crippen LogP) is 0.238. The summed E-state index contributed by atoms with van der Waals surface area (Å²) in [5.74, 6) is -0.418. The largest absolute Gasteiger partial charge is 0.465 e. The molecule has 0 bridgehead atoms. The number of nitrogen functional groups attached to an aromatic ring is 1. The highest BCUT2D eigenvalue weighted by atomic mass is 32.1. The summed E-state index contributed by atoms with van der Waals surface area (Å²) in [6, 6.07) is 0. The lowest BCUT2D eigenvalue weighted by Crippen LogP contribution is -2.40. The molecule has 7 nitrogen and oxygen atoms in total. The maximum atomic E-state index is 11.8. The Bertz CT molecular complexity index is 559. The van der Waals surface area contributed by atoms with E-state index in [0.29, 0.717) is 49.8 Å². The Kier molecular flexibility index (Phi) is 5.76. The van der Waals surface area contributed by atoms with Crippen LogP contribution >= 0.6 is 11.3 Å². The fourth-order valence-corrected chi connectivity index (χ4v) is 3.64. The first-order valence-corrected chi connectivity index (χ1v) is 7.84. The van der Waals surface area contributed by atoms with Gasteiger partial charge in [0.05, 0.1) is 25.8 Å². The van der Waals surface area contributed by atoms with E-state index in [1.807, 2.05) is 4.90 Å². The third kappa shape index (κ3) is 3.76. The molecule has 0 fully saturated rings. The van der Waals surface area contributed by atoms with E-state index in [0.717, 1.165) is 10.4 Å². The summed E-state index contributed by atoms with van der Waals surface area (Å²) in [5, 5.41) is 3.29. The Balaban J connectivity index is 1.98. The van der Waals surface area contributed by atoms with Crippen LogP contribution in [0.4, 0.5) is 5.00 Å². The monoisotopic (exact) mass is 327 g/mol. The number of esters is 1. The molecule has 1 aromatic heterocycles. The standard InChI is InChI=1S/C14H21N3O4S/c1-20-6-4-16-11(18)8-17-5-3-9-10(7-17)22-13(15)12(9)14(19)21-2/h3-8,15H2,1-2H3,(H,16,18). The minimum absolute atomic E-state index is 0.0294. The van der Waals surface area contributed by atoms with Crippen LogP contribution in [0, 0.1) is 0 Å². The van der Waals surface area contributed by atoms with Crippen LogP contribution < -0.4 is 11.1 Å². The first kappa shape index (κ1) is 16.7. The van der Waals surface area contributed by atoms with Gasteiger partial charge in [0, 0.05) is 31.6 Å². The van der Waals surface area contributed by atoms with Crippen molar-refractivity contribution in [2.24, 2.45) is 0 Å². The highest BCUT2D eigenvalue weighted by Gasteiger charge is 2.28. The molecule has 1 aliphatic heterocycles. The molecule has 8 heteroatoms. The van der Waals surface area contributed by atoms with E-state index in [4.69, 9.17) is 15.2 Å². The zero-order valence-electron chi connectivity index (χ0n) is 12.8. The molecular formula is C14H21N3O4S. The molecule has 0 saturated carbocycles. The molecule has 0 radical (unpaired) electrons. The van der Waals surface area contributed by atoms with E-state index in [2.05, 4.69) is 5.32 Å². The normalized spacial score (nSPS) is 14.5. The van der Waals surface area contributed by atoms with E-state index < -0.39 is 0 Å². The Morgan fingerprint density at radius 3 is 2.86 bits per heavy atom. The Morgan fingerprint density at radius 2 is 2.18 bits per heavy atom. The van der Waals surface area contributed by atoms with Crippen LogP contribution in [-0.4, -0.2) is 57.2 Å². The molecular weight excluding hydrogens is 306 g/mol. The minimum Gasteiger partial charge on any atom is -0.465 e. The minimum atomic E-state index is -0.388. The van der Waals surface area contributed by atoms with Crippen molar-refractivity contribution in [3.8, 4) is 0 Å². The molecule has 0 spiro atoms. The smallest absolute Gasteiger partial charge is 0.341 e. The third-order valence-electron chi connectivity index (χ3n) is 3.55. The van der Waals surface area contributed by atoms with E-state index in [9.17, 15) is 9.59 Å². The lowest BCUT2D eigenvalue weighted by molar-refractivity contribution is -0.122. The second-order valence-corrected chi connectivity index (χ2v) is 6.17. The fraction of sp³-hybridized carbons (Fsp3) is 0.571. The van der Waals surface area contributed by atoms with Crippen LogP contribution in [0.15, 0.2) is 0 Å². The van der Waals surface area contributed by atoms with Crippen molar-refractivity contribution in [2.75, 3.05) is 46.2 Å². The second kappa shape index (κ2) is 7.57. The van der Waals surface area contributed by atoms with Gasteiger partial charge in [-0.05, 0) is 12.0 Å². The third-order valence-corrected chi connectivity index (χ3v) is 4.59. The van der Waals surface area contributed by atoms with Gasteiger partial charge in [-0.15, -0.1) is 11.3 Å². The number of thiophene rings is 1. The summed E-state index contributed by atoms with van der Waals surface area (Å²) in [6.07, 6.45) is 0.693. The Morgan fingerprint density at radius 1 is 1.41 bits per heavy atom. The van der Waals surface area contributed by atoms with Crippen molar-refractivity contribution in [2.45, 2.75) is 13.0 Å². The van der Waals surface area contributed by atoms with Crippen LogP contribution in [0.25, 0.3) is 0 Å². The molecule has 0 unspecified atom stereocenters. The first-order chi connectivity index (χ1) is 10.6. The summed E-state index contributed by atoms with van der Waals surface area (Å²) in [7, 11) is 2.95. The van der Waals surface area contributed by atoms with Crippen LogP contribution in [0.1, 0.15) is 20.8 Å². The van der Waals surface area contributed by atoms with Gasteiger partial charge in [-0.25, -0.2) is 4.79 Å². The molecule has 0 saturated heterocycles. The molecule has 2 rings (SSSR count). The van der Waals surface area contributed by atoms with Crippen molar-refractivity contribution in [1.82, 2.24) is 10.2 Å². The highest BCUT2D eigenvalue weighted by molar-refractivity contribution is 7.16. The number of ether oxygens (including phenoxy) is 2. The van der Waals surface area contributed by atoms with Crippen molar-refractivity contribution >= 4 is 28.2 Å².